The third-order valence-electron chi connectivity index (χ3n) is 2.64. The van der Waals surface area contributed by atoms with Gasteiger partial charge in [0.05, 0.1) is 22.9 Å². The van der Waals surface area contributed by atoms with Crippen molar-refractivity contribution in [2.75, 3.05) is 6.61 Å². The molecule has 0 aliphatic carbocycles. The lowest BCUT2D eigenvalue weighted by molar-refractivity contribution is 0.0524. The van der Waals surface area contributed by atoms with E-state index in [0.717, 1.165) is 0 Å². The number of esters is 1. The molecule has 0 unspecified atom stereocenters. The molecule has 0 atom stereocenters. The molecule has 0 spiro atoms. The first kappa shape index (κ1) is 15.2. The van der Waals surface area contributed by atoms with Crippen molar-refractivity contribution in [3.63, 3.8) is 0 Å². The lowest BCUT2D eigenvalue weighted by atomic mass is 10.2. The summed E-state index contributed by atoms with van der Waals surface area (Å²) in [7, 11) is 0. The molecule has 2 heterocycles. The third-order valence-corrected chi connectivity index (χ3v) is 3.54. The van der Waals surface area contributed by atoms with E-state index in [1.807, 2.05) is 0 Å². The highest BCUT2D eigenvalue weighted by Crippen LogP contribution is 2.19. The number of ether oxygens (including phenoxy) is 2. The SMILES string of the molecule is CCOC(=O)c1cn(C(=O)OC(C)C)c2ccsc2c1=O. The van der Waals surface area contributed by atoms with Gasteiger partial charge in [-0.3, -0.25) is 9.36 Å². The number of rotatable bonds is 3. The van der Waals surface area contributed by atoms with Crippen LogP contribution in [0.4, 0.5) is 4.79 Å². The van der Waals surface area contributed by atoms with E-state index in [-0.39, 0.29) is 18.3 Å². The van der Waals surface area contributed by atoms with Crippen LogP contribution >= 0.6 is 11.3 Å². The Morgan fingerprint density at radius 3 is 2.71 bits per heavy atom. The Hall–Kier alpha value is -2.15. The van der Waals surface area contributed by atoms with Crippen LogP contribution in [0.15, 0.2) is 22.4 Å². The minimum absolute atomic E-state index is 0.150. The average Bonchev–Trinajstić information content (AvgIpc) is 2.88. The molecular weight excluding hydrogens is 294 g/mol. The number of nitrogens with zero attached hydrogens (tertiary/aromatic N) is 1. The maximum absolute atomic E-state index is 12.2. The number of pyridine rings is 1. The lowest BCUT2D eigenvalue weighted by Crippen LogP contribution is -2.24. The third kappa shape index (κ3) is 2.97. The number of carbonyl (C=O) groups is 2. The summed E-state index contributed by atoms with van der Waals surface area (Å²) in [6, 6.07) is 1.64. The minimum atomic E-state index is -0.746. The second kappa shape index (κ2) is 6.09. The number of hydrogen-bond donors (Lipinski definition) is 0. The van der Waals surface area contributed by atoms with Crippen LogP contribution < -0.4 is 5.43 Å². The van der Waals surface area contributed by atoms with Gasteiger partial charge in [-0.2, -0.15) is 0 Å². The Labute approximate surface area is 124 Å². The zero-order chi connectivity index (χ0) is 15.6. The first-order valence-corrected chi connectivity index (χ1v) is 7.34. The summed E-state index contributed by atoms with van der Waals surface area (Å²) in [6.07, 6.45) is 0.232. The van der Waals surface area contributed by atoms with Crippen molar-refractivity contribution in [2.45, 2.75) is 26.9 Å². The summed E-state index contributed by atoms with van der Waals surface area (Å²) in [6.45, 7) is 5.24. The van der Waals surface area contributed by atoms with E-state index >= 15 is 0 Å². The van der Waals surface area contributed by atoms with E-state index in [9.17, 15) is 14.4 Å². The molecule has 2 rings (SSSR count). The number of carbonyl (C=O) groups excluding carboxylic acids is 2. The fraction of sp³-hybridized carbons (Fsp3) is 0.357. The van der Waals surface area contributed by atoms with Gasteiger partial charge in [-0.05, 0) is 32.2 Å². The Balaban J connectivity index is 2.62. The molecule has 0 fully saturated rings. The predicted molar refractivity (Wildman–Crippen MR) is 79.1 cm³/mol. The predicted octanol–water partition coefficient (Wildman–Crippen LogP) is 2.63. The van der Waals surface area contributed by atoms with E-state index < -0.39 is 17.5 Å². The van der Waals surface area contributed by atoms with Gasteiger partial charge in [0.2, 0.25) is 5.43 Å². The van der Waals surface area contributed by atoms with Crippen LogP contribution in [0.25, 0.3) is 10.2 Å². The average molecular weight is 309 g/mol. The van der Waals surface area contributed by atoms with Crippen LogP contribution in [-0.4, -0.2) is 29.3 Å². The Bertz CT molecular complexity index is 743. The van der Waals surface area contributed by atoms with Crippen molar-refractivity contribution in [1.29, 1.82) is 0 Å². The molecule has 0 aliphatic heterocycles. The molecule has 0 radical (unpaired) electrons. The van der Waals surface area contributed by atoms with Crippen LogP contribution in [-0.2, 0) is 9.47 Å². The van der Waals surface area contributed by atoms with Crippen molar-refractivity contribution in [2.24, 2.45) is 0 Å². The quantitative estimate of drug-likeness (QED) is 0.815. The summed E-state index contributed by atoms with van der Waals surface area (Å²) in [5, 5.41) is 1.68. The highest BCUT2D eigenvalue weighted by atomic mass is 32.1. The van der Waals surface area contributed by atoms with E-state index in [2.05, 4.69) is 0 Å². The van der Waals surface area contributed by atoms with Gasteiger partial charge in [0.15, 0.2) is 0 Å². The normalized spacial score (nSPS) is 10.9. The molecule has 21 heavy (non-hydrogen) atoms. The maximum Gasteiger partial charge on any atom is 0.418 e. The smallest absolute Gasteiger partial charge is 0.418 e. The molecule has 0 saturated carbocycles. The van der Waals surface area contributed by atoms with E-state index in [4.69, 9.17) is 9.47 Å². The topological polar surface area (TPSA) is 74.6 Å². The number of hydrogen-bond acceptors (Lipinski definition) is 6. The van der Waals surface area contributed by atoms with Crippen LogP contribution in [0.3, 0.4) is 0 Å². The first-order chi connectivity index (χ1) is 9.95. The summed E-state index contributed by atoms with van der Waals surface area (Å²) in [5.74, 6) is -0.746. The second-order valence-corrected chi connectivity index (χ2v) is 5.45. The van der Waals surface area contributed by atoms with Gasteiger partial charge in [-0.15, -0.1) is 11.3 Å². The van der Waals surface area contributed by atoms with Crippen LogP contribution in [0.1, 0.15) is 31.1 Å². The lowest BCUT2D eigenvalue weighted by Gasteiger charge is -2.12. The number of thiophene rings is 1. The van der Waals surface area contributed by atoms with Crippen LogP contribution in [0.2, 0.25) is 0 Å². The Kier molecular flexibility index (Phi) is 4.42. The molecule has 6 nitrogen and oxygen atoms in total. The second-order valence-electron chi connectivity index (χ2n) is 4.53. The fourth-order valence-electron chi connectivity index (χ4n) is 1.81. The molecule has 2 aromatic rings. The van der Waals surface area contributed by atoms with Gasteiger partial charge in [0.1, 0.15) is 5.56 Å². The Morgan fingerprint density at radius 1 is 1.38 bits per heavy atom. The minimum Gasteiger partial charge on any atom is -0.462 e. The van der Waals surface area contributed by atoms with Crippen LogP contribution in [0, 0.1) is 0 Å². The zero-order valence-electron chi connectivity index (χ0n) is 11.9. The molecule has 0 amide bonds. The molecule has 7 heteroatoms. The summed E-state index contributed by atoms with van der Waals surface area (Å²) in [4.78, 5) is 36.2. The summed E-state index contributed by atoms with van der Waals surface area (Å²) in [5.41, 5.74) is -0.191. The monoisotopic (exact) mass is 309 g/mol. The van der Waals surface area contributed by atoms with Gasteiger partial charge in [0, 0.05) is 6.20 Å². The first-order valence-electron chi connectivity index (χ1n) is 6.46. The largest absolute Gasteiger partial charge is 0.462 e. The van der Waals surface area contributed by atoms with Gasteiger partial charge >= 0.3 is 12.1 Å². The standard InChI is InChI=1S/C14H15NO5S/c1-4-19-13(17)9-7-15(14(18)20-8(2)3)10-5-6-21-12(10)11(9)16/h5-8H,4H2,1-3H3. The molecular formula is C14H15NO5S. The fourth-order valence-corrected chi connectivity index (χ4v) is 2.64. The molecule has 0 bridgehead atoms. The zero-order valence-corrected chi connectivity index (χ0v) is 12.7. The van der Waals surface area contributed by atoms with Crippen molar-refractivity contribution < 1.29 is 19.1 Å². The molecule has 0 aromatic carbocycles. The molecule has 112 valence electrons. The Morgan fingerprint density at radius 2 is 2.10 bits per heavy atom. The van der Waals surface area contributed by atoms with Gasteiger partial charge in [-0.25, -0.2) is 9.59 Å². The van der Waals surface area contributed by atoms with Gasteiger partial charge in [0.25, 0.3) is 0 Å². The molecule has 0 saturated heterocycles. The highest BCUT2D eigenvalue weighted by Gasteiger charge is 2.20. The van der Waals surface area contributed by atoms with Gasteiger partial charge in [-0.1, -0.05) is 0 Å². The van der Waals surface area contributed by atoms with Gasteiger partial charge < -0.3 is 9.47 Å². The van der Waals surface area contributed by atoms with E-state index in [1.165, 1.54) is 22.1 Å². The van der Waals surface area contributed by atoms with E-state index in [1.54, 1.807) is 32.2 Å². The van der Waals surface area contributed by atoms with Crippen molar-refractivity contribution in [3.05, 3.63) is 33.4 Å². The van der Waals surface area contributed by atoms with Crippen molar-refractivity contribution in [3.8, 4) is 0 Å². The molecule has 2 aromatic heterocycles. The summed E-state index contributed by atoms with van der Waals surface area (Å²) < 4.78 is 11.5. The molecule has 0 aliphatic rings. The number of aromatic nitrogens is 1. The van der Waals surface area contributed by atoms with Crippen LogP contribution in [0.5, 0.6) is 0 Å². The molecule has 0 N–H and O–H groups in total. The highest BCUT2D eigenvalue weighted by molar-refractivity contribution is 7.17. The number of fused-ring (bicyclic) bond motifs is 1. The van der Waals surface area contributed by atoms with Crippen molar-refractivity contribution >= 4 is 33.6 Å². The van der Waals surface area contributed by atoms with Crippen molar-refractivity contribution in [1.82, 2.24) is 4.57 Å². The maximum atomic E-state index is 12.2. The summed E-state index contributed by atoms with van der Waals surface area (Å²) >= 11 is 1.17. The van der Waals surface area contributed by atoms with E-state index in [0.29, 0.717) is 10.2 Å².